The van der Waals surface area contributed by atoms with Crippen molar-refractivity contribution in [2.24, 2.45) is 0 Å². The Morgan fingerprint density at radius 2 is 1.77 bits per heavy atom. The summed E-state index contributed by atoms with van der Waals surface area (Å²) in [5.41, 5.74) is 0.167. The van der Waals surface area contributed by atoms with Gasteiger partial charge < -0.3 is 19.9 Å². The Morgan fingerprint density at radius 3 is 2.38 bits per heavy atom. The Kier molecular flexibility index (Phi) is 5.69. The molecule has 0 bridgehead atoms. The largest absolute Gasteiger partial charge is 0.444 e. The van der Waals surface area contributed by atoms with Crippen molar-refractivity contribution >= 4 is 12.0 Å². The summed E-state index contributed by atoms with van der Waals surface area (Å²) in [7, 11) is 0. The lowest BCUT2D eigenvalue weighted by Gasteiger charge is -2.27. The van der Waals surface area contributed by atoms with Gasteiger partial charge >= 0.3 is 6.09 Å². The number of benzene rings is 1. The predicted octanol–water partition coefficient (Wildman–Crippen LogP) is 3.37. The number of carbonyl (C=O) groups excluding carboxylic acids is 2. The maximum absolute atomic E-state index is 12.4. The normalized spacial score (nSPS) is 11.7. The molecule has 1 heterocycles. The van der Waals surface area contributed by atoms with Gasteiger partial charge in [-0.2, -0.15) is 0 Å². The van der Waals surface area contributed by atoms with Gasteiger partial charge in [0, 0.05) is 18.2 Å². The summed E-state index contributed by atoms with van der Waals surface area (Å²) in [6.07, 6.45) is -0.536. The Morgan fingerprint density at radius 1 is 1.12 bits per heavy atom. The lowest BCUT2D eigenvalue weighted by atomic mass is 10.1. The summed E-state index contributed by atoms with van der Waals surface area (Å²) in [4.78, 5) is 24.1. The number of hydrogen-bond donors (Lipinski definition) is 2. The van der Waals surface area contributed by atoms with E-state index in [1.165, 1.54) is 0 Å². The van der Waals surface area contributed by atoms with Gasteiger partial charge in [-0.25, -0.2) is 4.79 Å². The van der Waals surface area contributed by atoms with E-state index in [0.29, 0.717) is 5.69 Å². The summed E-state index contributed by atoms with van der Waals surface area (Å²) in [6, 6.07) is 11.0. The third-order valence-corrected chi connectivity index (χ3v) is 3.33. The summed E-state index contributed by atoms with van der Waals surface area (Å²) in [5, 5.41) is 9.38. The van der Waals surface area contributed by atoms with E-state index in [2.05, 4.69) is 15.8 Å². The number of hydrogen-bond acceptors (Lipinski definition) is 5. The van der Waals surface area contributed by atoms with Crippen LogP contribution in [0.5, 0.6) is 0 Å². The van der Waals surface area contributed by atoms with Crippen molar-refractivity contribution in [2.75, 3.05) is 6.54 Å². The predicted molar refractivity (Wildman–Crippen MR) is 97.7 cm³/mol. The zero-order chi connectivity index (χ0) is 19.4. The van der Waals surface area contributed by atoms with Crippen LogP contribution in [0.2, 0.25) is 0 Å². The van der Waals surface area contributed by atoms with E-state index in [1.54, 1.807) is 40.7 Å². The monoisotopic (exact) mass is 359 g/mol. The molecule has 1 aromatic heterocycles. The summed E-state index contributed by atoms with van der Waals surface area (Å²) < 4.78 is 10.3. The third-order valence-electron chi connectivity index (χ3n) is 3.33. The van der Waals surface area contributed by atoms with Gasteiger partial charge in [0.05, 0.1) is 5.54 Å². The van der Waals surface area contributed by atoms with Crippen LogP contribution in [0.15, 0.2) is 40.9 Å². The summed E-state index contributed by atoms with van der Waals surface area (Å²) >= 11 is 0. The molecule has 7 nitrogen and oxygen atoms in total. The molecule has 2 aromatic rings. The van der Waals surface area contributed by atoms with Crippen molar-refractivity contribution < 1.29 is 18.8 Å². The number of alkyl carbamates (subject to hydrolysis) is 1. The van der Waals surface area contributed by atoms with Crippen LogP contribution in [0.4, 0.5) is 4.79 Å². The van der Waals surface area contributed by atoms with E-state index in [-0.39, 0.29) is 12.3 Å². The molecule has 26 heavy (non-hydrogen) atoms. The minimum Gasteiger partial charge on any atom is -0.444 e. The van der Waals surface area contributed by atoms with Crippen LogP contribution in [0.25, 0.3) is 11.3 Å². The number of aromatic nitrogens is 1. The van der Waals surface area contributed by atoms with E-state index < -0.39 is 23.1 Å². The molecule has 0 aliphatic rings. The van der Waals surface area contributed by atoms with Gasteiger partial charge in [0.2, 0.25) is 5.76 Å². The zero-order valence-electron chi connectivity index (χ0n) is 15.8. The molecule has 2 N–H and O–H groups in total. The first kappa shape index (κ1) is 19.5. The topological polar surface area (TPSA) is 93.5 Å². The van der Waals surface area contributed by atoms with Crippen molar-refractivity contribution in [3.05, 3.63) is 42.2 Å². The van der Waals surface area contributed by atoms with E-state index in [9.17, 15) is 9.59 Å². The molecule has 2 rings (SSSR count). The van der Waals surface area contributed by atoms with E-state index in [4.69, 9.17) is 9.26 Å². The van der Waals surface area contributed by atoms with Crippen LogP contribution in [-0.4, -0.2) is 34.8 Å². The molecule has 0 saturated carbocycles. The van der Waals surface area contributed by atoms with Gasteiger partial charge in [-0.15, -0.1) is 0 Å². The van der Waals surface area contributed by atoms with Gasteiger partial charge in [-0.1, -0.05) is 35.5 Å². The molecule has 0 fully saturated rings. The minimum absolute atomic E-state index is 0.106. The molecular weight excluding hydrogens is 334 g/mol. The SMILES string of the molecule is CC(C)(CNC(=O)OC(C)(C)C)NC(=O)c1cc(-c2ccccc2)no1. The van der Waals surface area contributed by atoms with Gasteiger partial charge in [-0.3, -0.25) is 4.79 Å². The molecule has 0 spiro atoms. The summed E-state index contributed by atoms with van der Waals surface area (Å²) in [6.45, 7) is 9.13. The summed E-state index contributed by atoms with van der Waals surface area (Å²) in [5.74, 6) is -0.301. The quantitative estimate of drug-likeness (QED) is 0.854. The maximum Gasteiger partial charge on any atom is 0.407 e. The lowest BCUT2D eigenvalue weighted by molar-refractivity contribution is 0.0509. The average Bonchev–Trinajstić information content (AvgIpc) is 3.02. The molecule has 0 atom stereocenters. The third kappa shape index (κ3) is 5.91. The molecule has 0 radical (unpaired) electrons. The van der Waals surface area contributed by atoms with Crippen LogP contribution < -0.4 is 10.6 Å². The fourth-order valence-corrected chi connectivity index (χ4v) is 2.15. The van der Waals surface area contributed by atoms with Gasteiger partial charge in [0.1, 0.15) is 11.3 Å². The molecule has 0 unspecified atom stereocenters. The highest BCUT2D eigenvalue weighted by Gasteiger charge is 2.25. The average molecular weight is 359 g/mol. The minimum atomic E-state index is -0.701. The second-order valence-corrected chi connectivity index (χ2v) is 7.64. The highest BCUT2D eigenvalue weighted by molar-refractivity contribution is 5.92. The van der Waals surface area contributed by atoms with E-state index in [1.807, 2.05) is 30.3 Å². The van der Waals surface area contributed by atoms with Crippen LogP contribution in [-0.2, 0) is 4.74 Å². The first-order valence-corrected chi connectivity index (χ1v) is 8.37. The molecular formula is C19H25N3O4. The van der Waals surface area contributed by atoms with Crippen molar-refractivity contribution in [1.29, 1.82) is 0 Å². The standard InChI is InChI=1S/C19H25N3O4/c1-18(2,3)25-17(24)20-12-19(4,5)21-16(23)15-11-14(22-26-15)13-9-7-6-8-10-13/h6-11H,12H2,1-5H3,(H,20,24)(H,21,23). The number of carbonyl (C=O) groups is 2. The first-order chi connectivity index (χ1) is 12.1. The van der Waals surface area contributed by atoms with Crippen LogP contribution in [0.1, 0.15) is 45.2 Å². The lowest BCUT2D eigenvalue weighted by Crippen LogP contribution is -2.52. The molecule has 1 aromatic carbocycles. The highest BCUT2D eigenvalue weighted by Crippen LogP contribution is 2.19. The second kappa shape index (κ2) is 7.59. The van der Waals surface area contributed by atoms with Crippen LogP contribution in [0, 0.1) is 0 Å². The van der Waals surface area contributed by atoms with E-state index >= 15 is 0 Å². The maximum atomic E-state index is 12.4. The van der Waals surface area contributed by atoms with Crippen molar-refractivity contribution in [1.82, 2.24) is 15.8 Å². The number of ether oxygens (including phenoxy) is 1. The number of amides is 2. The fraction of sp³-hybridized carbons (Fsp3) is 0.421. The Bertz CT molecular complexity index is 761. The molecule has 2 amide bonds. The highest BCUT2D eigenvalue weighted by atomic mass is 16.6. The van der Waals surface area contributed by atoms with Crippen molar-refractivity contribution in [3.8, 4) is 11.3 Å². The fourth-order valence-electron chi connectivity index (χ4n) is 2.15. The zero-order valence-corrected chi connectivity index (χ0v) is 15.8. The number of rotatable bonds is 5. The van der Waals surface area contributed by atoms with Crippen LogP contribution in [0.3, 0.4) is 0 Å². The molecule has 0 saturated heterocycles. The molecule has 140 valence electrons. The van der Waals surface area contributed by atoms with Gasteiger partial charge in [-0.05, 0) is 34.6 Å². The van der Waals surface area contributed by atoms with Crippen molar-refractivity contribution in [3.63, 3.8) is 0 Å². The van der Waals surface area contributed by atoms with Crippen molar-refractivity contribution in [2.45, 2.75) is 45.8 Å². The Labute approximate surface area is 153 Å². The smallest absolute Gasteiger partial charge is 0.407 e. The second-order valence-electron chi connectivity index (χ2n) is 7.64. The first-order valence-electron chi connectivity index (χ1n) is 8.37. The molecule has 0 aliphatic heterocycles. The number of nitrogens with zero attached hydrogens (tertiary/aromatic N) is 1. The Balaban J connectivity index is 1.94. The van der Waals surface area contributed by atoms with E-state index in [0.717, 1.165) is 5.56 Å². The molecule has 7 heteroatoms. The van der Waals surface area contributed by atoms with Gasteiger partial charge in [0.25, 0.3) is 5.91 Å². The molecule has 0 aliphatic carbocycles. The van der Waals surface area contributed by atoms with Gasteiger partial charge in [0.15, 0.2) is 0 Å². The van der Waals surface area contributed by atoms with Crippen LogP contribution >= 0.6 is 0 Å². The Hall–Kier alpha value is -2.83. The number of nitrogens with one attached hydrogen (secondary N) is 2.